The second kappa shape index (κ2) is 5.29. The molecule has 0 fully saturated rings. The summed E-state index contributed by atoms with van der Waals surface area (Å²) >= 11 is 6.06. The first-order chi connectivity index (χ1) is 8.90. The normalized spacial score (nSPS) is 15.8. The molecule has 0 bridgehead atoms. The van der Waals surface area contributed by atoms with Gasteiger partial charge < -0.3 is 14.8 Å². The second-order valence-corrected chi connectivity index (χ2v) is 5.80. The van der Waals surface area contributed by atoms with Crippen molar-refractivity contribution in [3.8, 4) is 11.5 Å². The Balaban J connectivity index is 2.16. The van der Waals surface area contributed by atoms with Crippen LogP contribution in [0.3, 0.4) is 0 Å². The number of hydrogen-bond acceptors (Lipinski definition) is 3. The summed E-state index contributed by atoms with van der Waals surface area (Å²) < 4.78 is 10.9. The average molecular weight is 284 g/mol. The standard InChI is InChI=1S/C14H18ClNO3/c1-9(15)14(2,3)16-13(17)10-4-5-11-12(8-10)19-7-6-18-11/h4-5,8-9H,6-7H2,1-3H3,(H,16,17). The Hall–Kier alpha value is -1.42. The SMILES string of the molecule is CC(Cl)C(C)(C)NC(=O)c1ccc2c(c1)OCCO2. The number of ether oxygens (including phenoxy) is 2. The van der Waals surface area contributed by atoms with Crippen LogP contribution < -0.4 is 14.8 Å². The van der Waals surface area contributed by atoms with Gasteiger partial charge in [0.1, 0.15) is 13.2 Å². The number of halogens is 1. The number of hydrogen-bond donors (Lipinski definition) is 1. The minimum Gasteiger partial charge on any atom is -0.486 e. The molecule has 0 radical (unpaired) electrons. The molecule has 1 aliphatic heterocycles. The van der Waals surface area contributed by atoms with E-state index in [0.717, 1.165) is 0 Å². The van der Waals surface area contributed by atoms with Gasteiger partial charge in [-0.25, -0.2) is 0 Å². The Morgan fingerprint density at radius 2 is 1.95 bits per heavy atom. The molecule has 4 nitrogen and oxygen atoms in total. The third-order valence-electron chi connectivity index (χ3n) is 3.23. The molecule has 5 heteroatoms. The molecule has 1 amide bonds. The quantitative estimate of drug-likeness (QED) is 0.868. The second-order valence-electron chi connectivity index (χ2n) is 5.15. The molecule has 104 valence electrons. The minimum atomic E-state index is -0.480. The van der Waals surface area contributed by atoms with Crippen LogP contribution in [0, 0.1) is 0 Å². The van der Waals surface area contributed by atoms with Gasteiger partial charge in [-0.1, -0.05) is 0 Å². The molecule has 1 aromatic carbocycles. The van der Waals surface area contributed by atoms with Gasteiger partial charge in [-0.15, -0.1) is 11.6 Å². The van der Waals surface area contributed by atoms with Gasteiger partial charge >= 0.3 is 0 Å². The molecule has 2 rings (SSSR count). The number of benzene rings is 1. The summed E-state index contributed by atoms with van der Waals surface area (Å²) in [5.41, 5.74) is 0.0564. The Bertz CT molecular complexity index is 486. The zero-order chi connectivity index (χ0) is 14.0. The van der Waals surface area contributed by atoms with E-state index >= 15 is 0 Å². The van der Waals surface area contributed by atoms with Gasteiger partial charge in [0.15, 0.2) is 11.5 Å². The van der Waals surface area contributed by atoms with Gasteiger partial charge in [-0.2, -0.15) is 0 Å². The van der Waals surface area contributed by atoms with Crippen LogP contribution in [0.4, 0.5) is 0 Å². The van der Waals surface area contributed by atoms with Crippen LogP contribution in [-0.4, -0.2) is 30.0 Å². The van der Waals surface area contributed by atoms with Crippen molar-refractivity contribution in [2.75, 3.05) is 13.2 Å². The molecule has 1 aliphatic rings. The summed E-state index contributed by atoms with van der Waals surface area (Å²) in [4.78, 5) is 12.2. The number of alkyl halides is 1. The molecule has 1 aromatic rings. The number of carbonyl (C=O) groups is 1. The minimum absolute atomic E-state index is 0.172. The van der Waals surface area contributed by atoms with Gasteiger partial charge in [0.25, 0.3) is 5.91 Å². The van der Waals surface area contributed by atoms with Gasteiger partial charge in [0.2, 0.25) is 0 Å². The molecule has 0 saturated carbocycles. The largest absolute Gasteiger partial charge is 0.486 e. The lowest BCUT2D eigenvalue weighted by molar-refractivity contribution is 0.0911. The zero-order valence-corrected chi connectivity index (χ0v) is 12.1. The van der Waals surface area contributed by atoms with Crippen molar-refractivity contribution < 1.29 is 14.3 Å². The fourth-order valence-corrected chi connectivity index (χ4v) is 1.70. The van der Waals surface area contributed by atoms with Crippen LogP contribution in [0.15, 0.2) is 18.2 Å². The van der Waals surface area contributed by atoms with Gasteiger partial charge in [-0.3, -0.25) is 4.79 Å². The van der Waals surface area contributed by atoms with E-state index < -0.39 is 5.54 Å². The molecular formula is C14H18ClNO3. The lowest BCUT2D eigenvalue weighted by Gasteiger charge is -2.29. The van der Waals surface area contributed by atoms with E-state index in [1.807, 2.05) is 20.8 Å². The van der Waals surface area contributed by atoms with E-state index in [9.17, 15) is 4.79 Å². The number of carbonyl (C=O) groups excluding carboxylic acids is 1. The van der Waals surface area contributed by atoms with Gasteiger partial charge in [0, 0.05) is 5.56 Å². The van der Waals surface area contributed by atoms with Crippen LogP contribution in [0.25, 0.3) is 0 Å². The van der Waals surface area contributed by atoms with Crippen LogP contribution in [0.1, 0.15) is 31.1 Å². The molecule has 0 saturated heterocycles. The molecule has 0 spiro atoms. The van der Waals surface area contributed by atoms with Crippen LogP contribution in [0.2, 0.25) is 0 Å². The van der Waals surface area contributed by atoms with E-state index in [4.69, 9.17) is 21.1 Å². The lowest BCUT2D eigenvalue weighted by Crippen LogP contribution is -2.49. The first-order valence-electron chi connectivity index (χ1n) is 6.26. The van der Waals surface area contributed by atoms with Crippen molar-refractivity contribution in [1.82, 2.24) is 5.32 Å². The average Bonchev–Trinajstić information content (AvgIpc) is 2.37. The predicted molar refractivity (Wildman–Crippen MR) is 74.3 cm³/mol. The number of rotatable bonds is 3. The van der Waals surface area contributed by atoms with E-state index in [-0.39, 0.29) is 11.3 Å². The van der Waals surface area contributed by atoms with Crippen molar-refractivity contribution in [3.05, 3.63) is 23.8 Å². The highest BCUT2D eigenvalue weighted by molar-refractivity contribution is 6.21. The molecule has 1 unspecified atom stereocenters. The van der Waals surface area contributed by atoms with Crippen molar-refractivity contribution >= 4 is 17.5 Å². The number of nitrogens with one attached hydrogen (secondary N) is 1. The highest BCUT2D eigenvalue weighted by Crippen LogP contribution is 2.30. The first-order valence-corrected chi connectivity index (χ1v) is 6.70. The molecule has 19 heavy (non-hydrogen) atoms. The molecule has 0 aliphatic carbocycles. The highest BCUT2D eigenvalue weighted by atomic mass is 35.5. The summed E-state index contributed by atoms with van der Waals surface area (Å²) in [6.45, 7) is 6.67. The van der Waals surface area contributed by atoms with Crippen LogP contribution >= 0.6 is 11.6 Å². The third-order valence-corrected chi connectivity index (χ3v) is 3.78. The van der Waals surface area contributed by atoms with E-state index in [1.54, 1.807) is 18.2 Å². The topological polar surface area (TPSA) is 47.6 Å². The van der Waals surface area contributed by atoms with Crippen molar-refractivity contribution in [2.45, 2.75) is 31.7 Å². The van der Waals surface area contributed by atoms with Gasteiger partial charge in [-0.05, 0) is 39.0 Å². The molecule has 1 heterocycles. The Labute approximate surface area is 118 Å². The predicted octanol–water partition coefficient (Wildman–Crippen LogP) is 2.59. The summed E-state index contributed by atoms with van der Waals surface area (Å²) in [6, 6.07) is 5.16. The summed E-state index contributed by atoms with van der Waals surface area (Å²) in [7, 11) is 0. The third kappa shape index (κ3) is 3.13. The summed E-state index contributed by atoms with van der Waals surface area (Å²) in [5, 5.41) is 2.74. The van der Waals surface area contributed by atoms with Crippen molar-refractivity contribution in [1.29, 1.82) is 0 Å². The molecule has 1 atom stereocenters. The monoisotopic (exact) mass is 283 g/mol. The molecule has 1 N–H and O–H groups in total. The fraction of sp³-hybridized carbons (Fsp3) is 0.500. The fourth-order valence-electron chi connectivity index (χ4n) is 1.65. The van der Waals surface area contributed by atoms with Crippen LogP contribution in [-0.2, 0) is 0 Å². The smallest absolute Gasteiger partial charge is 0.251 e. The van der Waals surface area contributed by atoms with E-state index in [2.05, 4.69) is 5.32 Å². The van der Waals surface area contributed by atoms with E-state index in [0.29, 0.717) is 30.3 Å². The van der Waals surface area contributed by atoms with E-state index in [1.165, 1.54) is 0 Å². The zero-order valence-electron chi connectivity index (χ0n) is 11.3. The maximum Gasteiger partial charge on any atom is 0.251 e. The number of fused-ring (bicyclic) bond motifs is 1. The Morgan fingerprint density at radius 3 is 2.58 bits per heavy atom. The first kappa shape index (κ1) is 14.0. The highest BCUT2D eigenvalue weighted by Gasteiger charge is 2.27. The lowest BCUT2D eigenvalue weighted by atomic mass is 10.0. The maximum absolute atomic E-state index is 12.2. The molecular weight excluding hydrogens is 266 g/mol. The van der Waals surface area contributed by atoms with Crippen LogP contribution in [0.5, 0.6) is 11.5 Å². The Kier molecular flexibility index (Phi) is 3.90. The van der Waals surface area contributed by atoms with Crippen molar-refractivity contribution in [3.63, 3.8) is 0 Å². The molecule has 0 aromatic heterocycles. The Morgan fingerprint density at radius 1 is 1.32 bits per heavy atom. The van der Waals surface area contributed by atoms with Gasteiger partial charge in [0.05, 0.1) is 10.9 Å². The van der Waals surface area contributed by atoms with Crippen molar-refractivity contribution in [2.24, 2.45) is 0 Å². The number of amides is 1. The summed E-state index contributed by atoms with van der Waals surface area (Å²) in [5.74, 6) is 1.11. The summed E-state index contributed by atoms with van der Waals surface area (Å²) in [6.07, 6.45) is 0. The maximum atomic E-state index is 12.2.